The first-order chi connectivity index (χ1) is 18.5. The number of hydrogen-bond acceptors (Lipinski definition) is 1. The summed E-state index contributed by atoms with van der Waals surface area (Å²) < 4.78 is 62.0. The summed E-state index contributed by atoms with van der Waals surface area (Å²) in [6, 6.07) is 14.2. The second kappa shape index (κ2) is 11.7. The maximum atomic E-state index is 15.0. The Hall–Kier alpha value is -3.10. The van der Waals surface area contributed by atoms with E-state index in [0.717, 1.165) is 30.7 Å². The molecule has 1 saturated heterocycles. The van der Waals surface area contributed by atoms with Gasteiger partial charge in [0.25, 0.3) is 0 Å². The normalized spacial score (nSPS) is 22.2. The molecule has 38 heavy (non-hydrogen) atoms. The second-order valence-corrected chi connectivity index (χ2v) is 10.6. The molecular formula is C33H32F4O. The van der Waals surface area contributed by atoms with Crippen LogP contribution in [0.4, 0.5) is 17.6 Å². The van der Waals surface area contributed by atoms with Gasteiger partial charge in [0.05, 0.1) is 23.8 Å². The highest BCUT2D eigenvalue weighted by atomic mass is 19.1. The third kappa shape index (κ3) is 5.97. The van der Waals surface area contributed by atoms with Crippen LogP contribution in [0.15, 0.2) is 54.6 Å². The van der Waals surface area contributed by atoms with Gasteiger partial charge in [-0.15, -0.1) is 0 Å². The number of alkyl halides is 1. The zero-order valence-electron chi connectivity index (χ0n) is 21.6. The molecule has 5 rings (SSSR count). The minimum Gasteiger partial charge on any atom is -0.373 e. The van der Waals surface area contributed by atoms with Crippen LogP contribution >= 0.6 is 0 Å². The lowest BCUT2D eigenvalue weighted by Crippen LogP contribution is -2.12. The molecule has 3 unspecified atom stereocenters. The SMILES string of the molecule is CCCCCC1COC(c2ccc(C#Cc3ccc(-c4cc(F)c(CF)c(F)c4)cc3)c(F)c2)C2C[C@H]2C1. The van der Waals surface area contributed by atoms with Gasteiger partial charge < -0.3 is 4.74 Å². The Morgan fingerprint density at radius 1 is 0.842 bits per heavy atom. The van der Waals surface area contributed by atoms with Gasteiger partial charge in [0.15, 0.2) is 0 Å². The Morgan fingerprint density at radius 2 is 1.61 bits per heavy atom. The lowest BCUT2D eigenvalue weighted by molar-refractivity contribution is 0.0232. The maximum Gasteiger partial charge on any atom is 0.139 e. The van der Waals surface area contributed by atoms with E-state index in [0.29, 0.717) is 40.0 Å². The summed E-state index contributed by atoms with van der Waals surface area (Å²) in [4.78, 5) is 0. The minimum absolute atomic E-state index is 0.0473. The smallest absolute Gasteiger partial charge is 0.139 e. The van der Waals surface area contributed by atoms with Crippen LogP contribution in [-0.4, -0.2) is 6.61 Å². The third-order valence-corrected chi connectivity index (χ3v) is 7.89. The number of unbranched alkanes of at least 4 members (excludes halogenated alkanes) is 2. The molecule has 3 aromatic rings. The lowest BCUT2D eigenvalue weighted by atomic mass is 9.95. The molecule has 3 aromatic carbocycles. The van der Waals surface area contributed by atoms with Crippen molar-refractivity contribution in [2.75, 3.05) is 6.61 Å². The molecule has 0 amide bonds. The van der Waals surface area contributed by atoms with Crippen molar-refractivity contribution in [3.63, 3.8) is 0 Å². The van der Waals surface area contributed by atoms with E-state index in [1.54, 1.807) is 36.4 Å². The van der Waals surface area contributed by atoms with Crippen LogP contribution in [0.5, 0.6) is 0 Å². The van der Waals surface area contributed by atoms with Gasteiger partial charge in [-0.1, -0.05) is 56.2 Å². The van der Waals surface area contributed by atoms with E-state index in [-0.39, 0.29) is 11.9 Å². The van der Waals surface area contributed by atoms with Crippen molar-refractivity contribution in [1.82, 2.24) is 0 Å². The average Bonchev–Trinajstić information content (AvgIpc) is 3.68. The number of ether oxygens (including phenoxy) is 1. The average molecular weight is 521 g/mol. The Labute approximate surface area is 222 Å². The van der Waals surface area contributed by atoms with Gasteiger partial charge in [-0.3, -0.25) is 0 Å². The molecule has 0 N–H and O–H groups in total. The molecule has 0 aromatic heterocycles. The summed E-state index contributed by atoms with van der Waals surface area (Å²) in [5.41, 5.74) is 2.14. The molecule has 5 heteroatoms. The standard InChI is InChI=1S/C33H32F4O/c1-2-3-4-5-22-14-27-15-28(27)33(38-20-22)25-13-12-24(30(35)16-25)11-8-21-6-9-23(10-7-21)26-17-31(36)29(19-34)32(37)18-26/h6-7,9-10,12-13,16-18,22,27-28,33H,2-5,14-15,19-20H2,1H3/t22?,27-,28?,33?/m1/s1. The summed E-state index contributed by atoms with van der Waals surface area (Å²) in [7, 11) is 0. The molecular weight excluding hydrogens is 488 g/mol. The largest absolute Gasteiger partial charge is 0.373 e. The predicted molar refractivity (Wildman–Crippen MR) is 142 cm³/mol. The minimum atomic E-state index is -1.20. The Balaban J connectivity index is 1.26. The van der Waals surface area contributed by atoms with Crippen molar-refractivity contribution in [2.24, 2.45) is 17.8 Å². The van der Waals surface area contributed by atoms with Gasteiger partial charge in [0.2, 0.25) is 0 Å². The van der Waals surface area contributed by atoms with Gasteiger partial charge >= 0.3 is 0 Å². The molecule has 0 bridgehead atoms. The van der Waals surface area contributed by atoms with Crippen molar-refractivity contribution in [1.29, 1.82) is 0 Å². The summed E-state index contributed by atoms with van der Waals surface area (Å²) in [6.45, 7) is 1.78. The van der Waals surface area contributed by atoms with Crippen LogP contribution in [0.1, 0.15) is 73.8 Å². The fourth-order valence-electron chi connectivity index (χ4n) is 5.59. The van der Waals surface area contributed by atoms with Crippen molar-refractivity contribution < 1.29 is 22.3 Å². The first-order valence-corrected chi connectivity index (χ1v) is 13.5. The third-order valence-electron chi connectivity index (χ3n) is 7.89. The van der Waals surface area contributed by atoms with Gasteiger partial charge in [0.1, 0.15) is 24.1 Å². The highest BCUT2D eigenvalue weighted by molar-refractivity contribution is 5.65. The number of benzene rings is 3. The highest BCUT2D eigenvalue weighted by Gasteiger charge is 2.47. The molecule has 198 valence electrons. The number of hydrogen-bond donors (Lipinski definition) is 0. The fraction of sp³-hybridized carbons (Fsp3) is 0.394. The van der Waals surface area contributed by atoms with Crippen LogP contribution in [0.25, 0.3) is 11.1 Å². The first kappa shape index (κ1) is 26.5. The predicted octanol–water partition coefficient (Wildman–Crippen LogP) is 8.93. The molecule has 1 aliphatic heterocycles. The lowest BCUT2D eigenvalue weighted by Gasteiger charge is -2.19. The van der Waals surface area contributed by atoms with Crippen LogP contribution in [-0.2, 0) is 11.4 Å². The molecule has 2 aliphatic rings. The fourth-order valence-corrected chi connectivity index (χ4v) is 5.59. The monoisotopic (exact) mass is 520 g/mol. The molecule has 0 spiro atoms. The molecule has 1 saturated carbocycles. The Bertz CT molecular complexity index is 1310. The van der Waals surface area contributed by atoms with E-state index in [2.05, 4.69) is 18.8 Å². The molecule has 0 radical (unpaired) electrons. The summed E-state index contributed by atoms with van der Waals surface area (Å²) in [5.74, 6) is 5.44. The van der Waals surface area contributed by atoms with Gasteiger partial charge in [-0.2, -0.15) is 0 Å². The second-order valence-electron chi connectivity index (χ2n) is 10.6. The Kier molecular flexibility index (Phi) is 8.19. The molecule has 4 atom stereocenters. The van der Waals surface area contributed by atoms with Gasteiger partial charge in [-0.25, -0.2) is 17.6 Å². The maximum absolute atomic E-state index is 15.0. The van der Waals surface area contributed by atoms with Gasteiger partial charge in [-0.05, 0) is 90.1 Å². The van der Waals surface area contributed by atoms with Crippen molar-refractivity contribution in [3.8, 4) is 23.0 Å². The number of halogens is 4. The van der Waals surface area contributed by atoms with E-state index in [9.17, 15) is 17.6 Å². The topological polar surface area (TPSA) is 9.23 Å². The van der Waals surface area contributed by atoms with Crippen LogP contribution in [0, 0.1) is 47.0 Å². The van der Waals surface area contributed by atoms with Crippen LogP contribution in [0.2, 0.25) is 0 Å². The summed E-state index contributed by atoms with van der Waals surface area (Å²) in [6.07, 6.45) is 7.29. The summed E-state index contributed by atoms with van der Waals surface area (Å²) in [5, 5.41) is 0. The van der Waals surface area contributed by atoms with Crippen molar-refractivity contribution in [3.05, 3.63) is 94.3 Å². The van der Waals surface area contributed by atoms with E-state index in [1.165, 1.54) is 32.1 Å². The Morgan fingerprint density at radius 3 is 2.29 bits per heavy atom. The zero-order valence-corrected chi connectivity index (χ0v) is 21.6. The molecule has 1 nitrogen and oxygen atoms in total. The van der Waals surface area contributed by atoms with Crippen molar-refractivity contribution >= 4 is 0 Å². The first-order valence-electron chi connectivity index (χ1n) is 13.5. The van der Waals surface area contributed by atoms with Crippen molar-refractivity contribution in [2.45, 2.75) is 58.2 Å². The number of fused-ring (bicyclic) bond motifs is 1. The molecule has 1 heterocycles. The van der Waals surface area contributed by atoms with Crippen LogP contribution < -0.4 is 0 Å². The summed E-state index contributed by atoms with van der Waals surface area (Å²) >= 11 is 0. The zero-order chi connectivity index (χ0) is 26.6. The van der Waals surface area contributed by atoms with Crippen LogP contribution in [0.3, 0.4) is 0 Å². The highest BCUT2D eigenvalue weighted by Crippen LogP contribution is 2.54. The van der Waals surface area contributed by atoms with E-state index in [4.69, 9.17) is 4.74 Å². The van der Waals surface area contributed by atoms with Gasteiger partial charge in [0, 0.05) is 5.56 Å². The van der Waals surface area contributed by atoms with E-state index in [1.807, 2.05) is 6.07 Å². The number of rotatable bonds is 7. The quantitative estimate of drug-likeness (QED) is 0.172. The molecule has 2 fully saturated rings. The van der Waals surface area contributed by atoms with E-state index >= 15 is 0 Å². The molecule has 1 aliphatic carbocycles. The van der Waals surface area contributed by atoms with E-state index < -0.39 is 23.9 Å².